The van der Waals surface area contributed by atoms with Gasteiger partial charge in [0.15, 0.2) is 0 Å². The number of aromatic carboxylic acids is 1. The van der Waals surface area contributed by atoms with E-state index in [4.69, 9.17) is 14.2 Å². The number of rotatable bonds is 8. The summed E-state index contributed by atoms with van der Waals surface area (Å²) in [7, 11) is 1.48. The largest absolute Gasteiger partial charge is 0.496 e. The minimum atomic E-state index is -1.03. The fraction of sp³-hybridized carbons (Fsp3) is 0.529. The number of hydrogen-bond donors (Lipinski definition) is 2. The number of carboxylic acids is 1. The molecule has 1 amide bonds. The summed E-state index contributed by atoms with van der Waals surface area (Å²) in [6.45, 7) is 6.28. The Bertz CT molecular complexity index is 565. The van der Waals surface area contributed by atoms with Gasteiger partial charge in [-0.15, -0.1) is 0 Å². The van der Waals surface area contributed by atoms with Crippen molar-refractivity contribution in [2.45, 2.75) is 39.4 Å². The van der Waals surface area contributed by atoms with Crippen molar-refractivity contribution in [3.8, 4) is 5.75 Å². The standard InChI is InChI=1S/C17H25NO6/c1-17(2,3)24-16(21)18-9-6-10-23-11-13-12(15(19)20)7-5-8-14(13)22-4/h5,7-8H,6,9-11H2,1-4H3,(H,18,21)(H,19,20). The predicted octanol–water partition coefficient (Wildman–Crippen LogP) is 2.82. The molecular formula is C17H25NO6. The Labute approximate surface area is 141 Å². The van der Waals surface area contributed by atoms with Gasteiger partial charge in [-0.3, -0.25) is 0 Å². The Hall–Kier alpha value is -2.28. The maximum Gasteiger partial charge on any atom is 0.407 e. The van der Waals surface area contributed by atoms with Gasteiger partial charge in [-0.1, -0.05) is 6.07 Å². The first kappa shape index (κ1) is 19.8. The van der Waals surface area contributed by atoms with Crippen LogP contribution in [0.4, 0.5) is 4.79 Å². The summed E-state index contributed by atoms with van der Waals surface area (Å²) in [6.07, 6.45) is 0.108. The summed E-state index contributed by atoms with van der Waals surface area (Å²) in [4.78, 5) is 22.7. The lowest BCUT2D eigenvalue weighted by Gasteiger charge is -2.19. The van der Waals surface area contributed by atoms with Crippen LogP contribution >= 0.6 is 0 Å². The van der Waals surface area contributed by atoms with E-state index in [1.807, 2.05) is 0 Å². The van der Waals surface area contributed by atoms with Crippen LogP contribution in [-0.4, -0.2) is 43.0 Å². The average molecular weight is 339 g/mol. The van der Waals surface area contributed by atoms with Gasteiger partial charge in [0, 0.05) is 18.7 Å². The normalized spacial score (nSPS) is 11.0. The number of amides is 1. The molecule has 0 bridgehead atoms. The van der Waals surface area contributed by atoms with Gasteiger partial charge >= 0.3 is 12.1 Å². The molecule has 0 aliphatic heterocycles. The zero-order valence-electron chi connectivity index (χ0n) is 14.5. The molecule has 1 rings (SSSR count). The molecule has 2 N–H and O–H groups in total. The van der Waals surface area contributed by atoms with Crippen molar-refractivity contribution >= 4 is 12.1 Å². The third-order valence-corrected chi connectivity index (χ3v) is 2.96. The molecule has 0 fully saturated rings. The summed E-state index contributed by atoms with van der Waals surface area (Å²) < 4.78 is 15.8. The van der Waals surface area contributed by atoms with Crippen molar-refractivity contribution in [2.75, 3.05) is 20.3 Å². The third kappa shape index (κ3) is 6.87. The number of carboxylic acid groups (broad SMARTS) is 1. The number of alkyl carbamates (subject to hydrolysis) is 1. The highest BCUT2D eigenvalue weighted by Gasteiger charge is 2.16. The van der Waals surface area contributed by atoms with E-state index in [1.165, 1.54) is 13.2 Å². The SMILES string of the molecule is COc1cccc(C(=O)O)c1COCCCNC(=O)OC(C)(C)C. The molecule has 1 aromatic carbocycles. The molecule has 7 nitrogen and oxygen atoms in total. The highest BCUT2D eigenvalue weighted by atomic mass is 16.6. The highest BCUT2D eigenvalue weighted by molar-refractivity contribution is 5.90. The van der Waals surface area contributed by atoms with E-state index in [0.717, 1.165) is 0 Å². The van der Waals surface area contributed by atoms with Crippen LogP contribution < -0.4 is 10.1 Å². The van der Waals surface area contributed by atoms with Gasteiger partial charge in [-0.25, -0.2) is 9.59 Å². The topological polar surface area (TPSA) is 94.1 Å². The number of carbonyl (C=O) groups excluding carboxylic acids is 1. The van der Waals surface area contributed by atoms with Crippen LogP contribution in [0.15, 0.2) is 18.2 Å². The lowest BCUT2D eigenvalue weighted by atomic mass is 10.1. The minimum Gasteiger partial charge on any atom is -0.496 e. The zero-order chi connectivity index (χ0) is 18.2. The fourth-order valence-electron chi connectivity index (χ4n) is 1.96. The first-order chi connectivity index (χ1) is 11.2. The summed E-state index contributed by atoms with van der Waals surface area (Å²) in [5.41, 5.74) is 0.117. The monoisotopic (exact) mass is 339 g/mol. The van der Waals surface area contributed by atoms with E-state index in [2.05, 4.69) is 5.32 Å². The lowest BCUT2D eigenvalue weighted by Crippen LogP contribution is -2.33. The van der Waals surface area contributed by atoms with Gasteiger partial charge in [0.05, 0.1) is 19.3 Å². The van der Waals surface area contributed by atoms with E-state index in [1.54, 1.807) is 32.9 Å². The maximum atomic E-state index is 11.5. The second-order valence-corrected chi connectivity index (χ2v) is 6.13. The number of benzene rings is 1. The molecule has 0 radical (unpaired) electrons. The Kier molecular flexibility index (Phi) is 7.51. The lowest BCUT2D eigenvalue weighted by molar-refractivity contribution is 0.0515. The van der Waals surface area contributed by atoms with Crippen LogP contribution in [0.2, 0.25) is 0 Å². The molecule has 0 spiro atoms. The molecule has 0 aliphatic rings. The van der Waals surface area contributed by atoms with Crippen LogP contribution in [0.3, 0.4) is 0 Å². The smallest absolute Gasteiger partial charge is 0.407 e. The van der Waals surface area contributed by atoms with E-state index >= 15 is 0 Å². The maximum absolute atomic E-state index is 11.5. The Balaban J connectivity index is 2.38. The van der Waals surface area contributed by atoms with Crippen molar-refractivity contribution in [2.24, 2.45) is 0 Å². The number of carbonyl (C=O) groups is 2. The van der Waals surface area contributed by atoms with E-state index in [9.17, 15) is 14.7 Å². The Morgan fingerprint density at radius 1 is 1.25 bits per heavy atom. The number of methoxy groups -OCH3 is 1. The van der Waals surface area contributed by atoms with Gasteiger partial charge in [-0.05, 0) is 39.3 Å². The molecule has 24 heavy (non-hydrogen) atoms. The summed E-state index contributed by atoms with van der Waals surface area (Å²) in [6, 6.07) is 4.82. The van der Waals surface area contributed by atoms with Crippen LogP contribution in [-0.2, 0) is 16.1 Å². The molecule has 0 saturated carbocycles. The van der Waals surface area contributed by atoms with E-state index in [0.29, 0.717) is 30.9 Å². The van der Waals surface area contributed by atoms with Gasteiger partial charge in [0.2, 0.25) is 0 Å². The quantitative estimate of drug-likeness (QED) is 0.707. The third-order valence-electron chi connectivity index (χ3n) is 2.96. The van der Waals surface area contributed by atoms with Crippen molar-refractivity contribution in [3.63, 3.8) is 0 Å². The molecule has 0 unspecified atom stereocenters. The minimum absolute atomic E-state index is 0.123. The van der Waals surface area contributed by atoms with Gasteiger partial charge in [-0.2, -0.15) is 0 Å². The molecule has 0 heterocycles. The Morgan fingerprint density at radius 2 is 1.96 bits per heavy atom. The van der Waals surface area contributed by atoms with Gasteiger partial charge in [0.1, 0.15) is 11.4 Å². The van der Waals surface area contributed by atoms with Gasteiger partial charge in [0.25, 0.3) is 0 Å². The van der Waals surface area contributed by atoms with Crippen LogP contribution in [0, 0.1) is 0 Å². The van der Waals surface area contributed by atoms with Crippen LogP contribution in [0.1, 0.15) is 43.1 Å². The van der Waals surface area contributed by atoms with Crippen LogP contribution in [0.5, 0.6) is 5.75 Å². The van der Waals surface area contributed by atoms with Crippen LogP contribution in [0.25, 0.3) is 0 Å². The number of ether oxygens (including phenoxy) is 3. The van der Waals surface area contributed by atoms with Crippen molar-refractivity contribution < 1.29 is 28.9 Å². The van der Waals surface area contributed by atoms with E-state index in [-0.39, 0.29) is 12.2 Å². The molecular weight excluding hydrogens is 314 g/mol. The molecule has 0 atom stereocenters. The highest BCUT2D eigenvalue weighted by Crippen LogP contribution is 2.23. The number of nitrogens with one attached hydrogen (secondary N) is 1. The average Bonchev–Trinajstić information content (AvgIpc) is 2.48. The molecule has 7 heteroatoms. The summed E-state index contributed by atoms with van der Waals surface area (Å²) in [5, 5.41) is 11.8. The summed E-state index contributed by atoms with van der Waals surface area (Å²) >= 11 is 0. The molecule has 0 saturated heterocycles. The first-order valence-corrected chi connectivity index (χ1v) is 7.68. The molecule has 0 aliphatic carbocycles. The first-order valence-electron chi connectivity index (χ1n) is 7.68. The zero-order valence-corrected chi connectivity index (χ0v) is 14.5. The predicted molar refractivity (Wildman–Crippen MR) is 88.5 cm³/mol. The Morgan fingerprint density at radius 3 is 2.54 bits per heavy atom. The molecule has 0 aromatic heterocycles. The summed E-state index contributed by atoms with van der Waals surface area (Å²) in [5.74, 6) is -0.555. The van der Waals surface area contributed by atoms with Crippen molar-refractivity contribution in [3.05, 3.63) is 29.3 Å². The van der Waals surface area contributed by atoms with Crippen molar-refractivity contribution in [1.29, 1.82) is 0 Å². The molecule has 134 valence electrons. The second kappa shape index (κ2) is 9.12. The fourth-order valence-corrected chi connectivity index (χ4v) is 1.96. The van der Waals surface area contributed by atoms with Gasteiger partial charge < -0.3 is 24.6 Å². The van der Waals surface area contributed by atoms with Crippen molar-refractivity contribution in [1.82, 2.24) is 5.32 Å². The second-order valence-electron chi connectivity index (χ2n) is 6.13. The number of hydrogen-bond acceptors (Lipinski definition) is 5. The van der Waals surface area contributed by atoms with E-state index < -0.39 is 17.7 Å². The molecule has 1 aromatic rings.